The van der Waals surface area contributed by atoms with Gasteiger partial charge >= 0.3 is 5.97 Å². The van der Waals surface area contributed by atoms with Gasteiger partial charge in [0.25, 0.3) is 5.88 Å². The molecule has 0 aliphatic heterocycles. The van der Waals surface area contributed by atoms with E-state index in [4.69, 9.17) is 9.26 Å². The van der Waals surface area contributed by atoms with Crippen molar-refractivity contribution in [1.82, 2.24) is 15.1 Å². The minimum absolute atomic E-state index is 0.187. The van der Waals surface area contributed by atoms with E-state index >= 15 is 0 Å². The zero-order chi connectivity index (χ0) is 16.2. The van der Waals surface area contributed by atoms with Crippen molar-refractivity contribution in [3.05, 3.63) is 36.2 Å². The maximum Gasteiger partial charge on any atom is 0.343 e. The summed E-state index contributed by atoms with van der Waals surface area (Å²) in [6.07, 6.45) is 0.615. The van der Waals surface area contributed by atoms with E-state index in [1.54, 1.807) is 0 Å². The fourth-order valence-electron chi connectivity index (χ4n) is 2.08. The molecule has 0 saturated heterocycles. The summed E-state index contributed by atoms with van der Waals surface area (Å²) in [4.78, 5) is 20.0. The van der Waals surface area contributed by atoms with E-state index in [2.05, 4.69) is 19.9 Å². The van der Waals surface area contributed by atoms with Gasteiger partial charge in [-0.25, -0.2) is 9.78 Å². The Balaban J connectivity index is 2.07. The van der Waals surface area contributed by atoms with Gasteiger partial charge in [-0.05, 0) is 0 Å². The monoisotopic (exact) mass is 313 g/mol. The van der Waals surface area contributed by atoms with Crippen LogP contribution in [0.15, 0.2) is 34.9 Å². The minimum Gasteiger partial charge on any atom is -0.466 e. The number of ether oxygens (including phenoxy) is 2. The number of hydrogen-bond donors (Lipinski definition) is 0. The average molecular weight is 313 g/mol. The molecule has 3 rings (SSSR count). The second-order valence-electron chi connectivity index (χ2n) is 4.74. The Morgan fingerprint density at radius 3 is 2.70 bits per heavy atom. The summed E-state index contributed by atoms with van der Waals surface area (Å²) in [5.74, 6) is 0.266. The Hall–Kier alpha value is -2.96. The van der Waals surface area contributed by atoms with Crippen molar-refractivity contribution in [2.24, 2.45) is 0 Å². The van der Waals surface area contributed by atoms with E-state index in [1.807, 2.05) is 37.3 Å². The molecule has 118 valence electrons. The second kappa shape index (κ2) is 6.43. The SMILES string of the molecule is CCc1nc(OCC(=O)OC)c2onc(-c3ccccc3)c2n1. The molecule has 2 heterocycles. The molecule has 7 nitrogen and oxygen atoms in total. The molecule has 0 bridgehead atoms. The third-order valence-corrected chi connectivity index (χ3v) is 3.25. The molecule has 0 amide bonds. The van der Waals surface area contributed by atoms with Crippen LogP contribution in [0.3, 0.4) is 0 Å². The van der Waals surface area contributed by atoms with Crippen LogP contribution >= 0.6 is 0 Å². The van der Waals surface area contributed by atoms with Gasteiger partial charge in [-0.1, -0.05) is 42.4 Å². The molecular weight excluding hydrogens is 298 g/mol. The average Bonchev–Trinajstić information content (AvgIpc) is 3.03. The number of methoxy groups -OCH3 is 1. The Kier molecular flexibility index (Phi) is 4.18. The molecule has 23 heavy (non-hydrogen) atoms. The Morgan fingerprint density at radius 2 is 2.00 bits per heavy atom. The molecule has 0 spiro atoms. The van der Waals surface area contributed by atoms with E-state index in [1.165, 1.54) is 7.11 Å². The number of carbonyl (C=O) groups is 1. The summed E-state index contributed by atoms with van der Waals surface area (Å²) in [5.41, 5.74) is 2.36. The smallest absolute Gasteiger partial charge is 0.343 e. The number of hydrogen-bond acceptors (Lipinski definition) is 7. The highest BCUT2D eigenvalue weighted by molar-refractivity contribution is 5.90. The molecule has 3 aromatic rings. The first kappa shape index (κ1) is 15.0. The molecule has 0 saturated carbocycles. The first-order chi connectivity index (χ1) is 11.2. The van der Waals surface area contributed by atoms with E-state index in [0.717, 1.165) is 5.56 Å². The number of fused-ring (bicyclic) bond motifs is 1. The summed E-state index contributed by atoms with van der Waals surface area (Å²) in [7, 11) is 1.29. The van der Waals surface area contributed by atoms with Gasteiger partial charge in [0.15, 0.2) is 6.61 Å². The molecule has 0 fully saturated rings. The van der Waals surface area contributed by atoms with Crippen LogP contribution in [0.1, 0.15) is 12.7 Å². The van der Waals surface area contributed by atoms with Crippen molar-refractivity contribution in [2.75, 3.05) is 13.7 Å². The summed E-state index contributed by atoms with van der Waals surface area (Å²) >= 11 is 0. The third-order valence-electron chi connectivity index (χ3n) is 3.25. The van der Waals surface area contributed by atoms with Crippen molar-refractivity contribution in [2.45, 2.75) is 13.3 Å². The first-order valence-electron chi connectivity index (χ1n) is 7.14. The van der Waals surface area contributed by atoms with Crippen molar-refractivity contribution >= 4 is 17.1 Å². The van der Waals surface area contributed by atoms with Crippen LogP contribution in [0.2, 0.25) is 0 Å². The zero-order valence-electron chi connectivity index (χ0n) is 12.8. The summed E-state index contributed by atoms with van der Waals surface area (Å²) < 4.78 is 15.3. The lowest BCUT2D eigenvalue weighted by Crippen LogP contribution is -2.13. The van der Waals surface area contributed by atoms with Gasteiger partial charge in [-0.2, -0.15) is 4.98 Å². The topological polar surface area (TPSA) is 87.3 Å². The predicted molar refractivity (Wildman–Crippen MR) is 81.9 cm³/mol. The number of carbonyl (C=O) groups excluding carboxylic acids is 1. The minimum atomic E-state index is -0.502. The van der Waals surface area contributed by atoms with Gasteiger partial charge in [0.2, 0.25) is 5.58 Å². The molecule has 7 heteroatoms. The summed E-state index contributed by atoms with van der Waals surface area (Å²) in [6.45, 7) is 1.67. The Morgan fingerprint density at radius 1 is 1.22 bits per heavy atom. The maximum absolute atomic E-state index is 11.3. The predicted octanol–water partition coefficient (Wildman–Crippen LogP) is 2.40. The highest BCUT2D eigenvalue weighted by Gasteiger charge is 2.19. The quantitative estimate of drug-likeness (QED) is 0.668. The number of aryl methyl sites for hydroxylation is 1. The van der Waals surface area contributed by atoms with Gasteiger partial charge in [-0.15, -0.1) is 0 Å². The van der Waals surface area contributed by atoms with Crippen LogP contribution in [-0.4, -0.2) is 34.8 Å². The van der Waals surface area contributed by atoms with E-state index < -0.39 is 5.97 Å². The standard InChI is InChI=1S/C16H15N3O4/c1-3-11-17-14-13(10-7-5-4-6-8-10)19-23-15(14)16(18-11)22-9-12(20)21-2/h4-8H,3,9H2,1-2H3. The molecule has 0 aliphatic carbocycles. The Labute approximate surface area is 132 Å². The molecular formula is C16H15N3O4. The van der Waals surface area contributed by atoms with E-state index in [0.29, 0.717) is 29.0 Å². The van der Waals surface area contributed by atoms with Crippen LogP contribution in [-0.2, 0) is 16.0 Å². The highest BCUT2D eigenvalue weighted by atomic mass is 16.6. The number of nitrogens with zero attached hydrogens (tertiary/aromatic N) is 3. The van der Waals surface area contributed by atoms with E-state index in [-0.39, 0.29) is 12.5 Å². The van der Waals surface area contributed by atoms with Gasteiger partial charge in [-0.3, -0.25) is 0 Å². The largest absolute Gasteiger partial charge is 0.466 e. The molecule has 0 unspecified atom stereocenters. The fraction of sp³-hybridized carbons (Fsp3) is 0.250. The van der Waals surface area contributed by atoms with Crippen LogP contribution < -0.4 is 4.74 Å². The first-order valence-corrected chi connectivity index (χ1v) is 7.14. The molecule has 0 N–H and O–H groups in total. The third kappa shape index (κ3) is 2.98. The normalized spacial score (nSPS) is 10.7. The Bertz CT molecular complexity index is 830. The van der Waals surface area contributed by atoms with Crippen LogP contribution in [0.4, 0.5) is 0 Å². The summed E-state index contributed by atoms with van der Waals surface area (Å²) in [6, 6.07) is 9.57. The van der Waals surface area contributed by atoms with Crippen molar-refractivity contribution in [3.63, 3.8) is 0 Å². The molecule has 0 aliphatic rings. The molecule has 0 radical (unpaired) electrons. The zero-order valence-corrected chi connectivity index (χ0v) is 12.8. The van der Waals surface area contributed by atoms with E-state index in [9.17, 15) is 4.79 Å². The number of esters is 1. The summed E-state index contributed by atoms with van der Waals surface area (Å²) in [5, 5.41) is 4.08. The van der Waals surface area contributed by atoms with Crippen molar-refractivity contribution < 1.29 is 18.8 Å². The lowest BCUT2D eigenvalue weighted by molar-refractivity contribution is -0.143. The highest BCUT2D eigenvalue weighted by Crippen LogP contribution is 2.31. The molecule has 1 aromatic carbocycles. The lowest BCUT2D eigenvalue weighted by Gasteiger charge is -2.05. The second-order valence-corrected chi connectivity index (χ2v) is 4.74. The number of aromatic nitrogens is 3. The van der Waals surface area contributed by atoms with Gasteiger partial charge < -0.3 is 14.0 Å². The maximum atomic E-state index is 11.3. The fourth-order valence-corrected chi connectivity index (χ4v) is 2.08. The van der Waals surface area contributed by atoms with Crippen LogP contribution in [0, 0.1) is 0 Å². The van der Waals surface area contributed by atoms with Crippen molar-refractivity contribution in [3.8, 4) is 17.1 Å². The molecule has 0 atom stereocenters. The molecule has 2 aromatic heterocycles. The van der Waals surface area contributed by atoms with Crippen molar-refractivity contribution in [1.29, 1.82) is 0 Å². The van der Waals surface area contributed by atoms with Crippen LogP contribution in [0.25, 0.3) is 22.4 Å². The number of rotatable bonds is 5. The lowest BCUT2D eigenvalue weighted by atomic mass is 10.1. The number of benzene rings is 1. The van der Waals surface area contributed by atoms with Gasteiger partial charge in [0.05, 0.1) is 7.11 Å². The van der Waals surface area contributed by atoms with Crippen LogP contribution in [0.5, 0.6) is 5.88 Å². The van der Waals surface area contributed by atoms with Gasteiger partial charge in [0.1, 0.15) is 17.0 Å². The van der Waals surface area contributed by atoms with Gasteiger partial charge in [0, 0.05) is 12.0 Å².